The third kappa shape index (κ3) is 2.64. The Morgan fingerprint density at radius 1 is 1.17 bits per heavy atom. The number of hydrogen-bond donors (Lipinski definition) is 0. The minimum atomic E-state index is -2.76. The van der Waals surface area contributed by atoms with Crippen LogP contribution in [0, 0.1) is 11.8 Å². The molecule has 0 heterocycles. The van der Waals surface area contributed by atoms with E-state index in [2.05, 4.69) is 15.9 Å². The molecule has 0 nitrogen and oxygen atoms in total. The highest BCUT2D eigenvalue weighted by atomic mass is 79.9. The second kappa shape index (κ2) is 3.99. The summed E-state index contributed by atoms with van der Waals surface area (Å²) < 4.78 is 37.4. The molecule has 1 aliphatic rings. The van der Waals surface area contributed by atoms with Gasteiger partial charge < -0.3 is 0 Å². The van der Waals surface area contributed by atoms with Crippen LogP contribution in [0.25, 0.3) is 0 Å². The zero-order chi connectivity index (χ0) is 9.19. The molecule has 0 aromatic carbocycles. The SMILES string of the molecule is FCC1CCC(C(F)(F)Br)CC1. The van der Waals surface area contributed by atoms with E-state index >= 15 is 0 Å². The number of alkyl halides is 4. The molecule has 4 heteroatoms. The minimum Gasteiger partial charge on any atom is -0.251 e. The molecular weight excluding hydrogens is 233 g/mol. The first-order valence-electron chi connectivity index (χ1n) is 4.16. The first-order valence-corrected chi connectivity index (χ1v) is 4.96. The lowest BCUT2D eigenvalue weighted by atomic mass is 9.83. The van der Waals surface area contributed by atoms with E-state index < -0.39 is 10.7 Å². The topological polar surface area (TPSA) is 0 Å². The van der Waals surface area contributed by atoms with Gasteiger partial charge in [-0.1, -0.05) is 0 Å². The molecule has 1 saturated carbocycles. The lowest BCUT2D eigenvalue weighted by molar-refractivity contribution is 0.0169. The van der Waals surface area contributed by atoms with Crippen LogP contribution in [-0.4, -0.2) is 11.5 Å². The standard InChI is InChI=1S/C8H12BrF3/c9-8(11,12)7-3-1-6(5-10)2-4-7/h6-7H,1-5H2. The molecule has 0 bridgehead atoms. The van der Waals surface area contributed by atoms with Gasteiger partial charge in [-0.3, -0.25) is 4.39 Å². The molecule has 0 amide bonds. The lowest BCUT2D eigenvalue weighted by Gasteiger charge is -2.29. The van der Waals surface area contributed by atoms with Crippen LogP contribution in [0.3, 0.4) is 0 Å². The van der Waals surface area contributed by atoms with Gasteiger partial charge in [0.15, 0.2) is 0 Å². The van der Waals surface area contributed by atoms with Gasteiger partial charge in [-0.2, -0.15) is 8.78 Å². The van der Waals surface area contributed by atoms with Gasteiger partial charge in [0.25, 0.3) is 0 Å². The van der Waals surface area contributed by atoms with Gasteiger partial charge in [0.1, 0.15) is 0 Å². The van der Waals surface area contributed by atoms with Crippen molar-refractivity contribution in [2.45, 2.75) is 30.5 Å². The van der Waals surface area contributed by atoms with Crippen LogP contribution in [0.1, 0.15) is 25.7 Å². The highest BCUT2D eigenvalue weighted by Gasteiger charge is 2.38. The maximum atomic E-state index is 12.7. The quantitative estimate of drug-likeness (QED) is 0.650. The van der Waals surface area contributed by atoms with E-state index in [0.717, 1.165) is 0 Å². The Morgan fingerprint density at radius 3 is 2.00 bits per heavy atom. The maximum absolute atomic E-state index is 12.7. The van der Waals surface area contributed by atoms with Crippen molar-refractivity contribution < 1.29 is 13.2 Å². The third-order valence-corrected chi connectivity index (χ3v) is 3.18. The van der Waals surface area contributed by atoms with Gasteiger partial charge >= 0.3 is 4.83 Å². The Labute approximate surface area is 78.7 Å². The molecule has 0 unspecified atom stereocenters. The van der Waals surface area contributed by atoms with Crippen molar-refractivity contribution in [3.63, 3.8) is 0 Å². The summed E-state index contributed by atoms with van der Waals surface area (Å²) in [5, 5.41) is 0. The maximum Gasteiger partial charge on any atom is 0.304 e. The van der Waals surface area contributed by atoms with E-state index in [4.69, 9.17) is 0 Å². The average Bonchev–Trinajstić information content (AvgIpc) is 2.03. The molecule has 0 aromatic heterocycles. The van der Waals surface area contributed by atoms with Crippen LogP contribution in [0.15, 0.2) is 0 Å². The van der Waals surface area contributed by atoms with Gasteiger partial charge in [0, 0.05) is 5.92 Å². The largest absolute Gasteiger partial charge is 0.304 e. The van der Waals surface area contributed by atoms with E-state index in [0.29, 0.717) is 25.7 Å². The Hall–Kier alpha value is 0.270. The van der Waals surface area contributed by atoms with Crippen molar-refractivity contribution in [2.75, 3.05) is 6.67 Å². The van der Waals surface area contributed by atoms with Gasteiger partial charge in [0.05, 0.1) is 6.67 Å². The summed E-state index contributed by atoms with van der Waals surface area (Å²) in [6, 6.07) is 0. The number of halogens is 4. The second-order valence-electron chi connectivity index (χ2n) is 3.41. The second-order valence-corrected chi connectivity index (χ2v) is 4.47. The fourth-order valence-electron chi connectivity index (χ4n) is 1.64. The monoisotopic (exact) mass is 244 g/mol. The van der Waals surface area contributed by atoms with Crippen LogP contribution in [0.2, 0.25) is 0 Å². The molecule has 0 saturated heterocycles. The molecule has 0 spiro atoms. The minimum absolute atomic E-state index is 0.0242. The Bertz CT molecular complexity index is 136. The average molecular weight is 245 g/mol. The molecule has 0 aliphatic heterocycles. The van der Waals surface area contributed by atoms with Crippen LogP contribution in [0.5, 0.6) is 0 Å². The first-order chi connectivity index (χ1) is 5.54. The lowest BCUT2D eigenvalue weighted by Crippen LogP contribution is -2.26. The van der Waals surface area contributed by atoms with Crippen molar-refractivity contribution >= 4 is 15.9 Å². The van der Waals surface area contributed by atoms with Crippen molar-refractivity contribution in [2.24, 2.45) is 11.8 Å². The fraction of sp³-hybridized carbons (Fsp3) is 1.00. The van der Waals surface area contributed by atoms with Crippen molar-refractivity contribution in [1.29, 1.82) is 0 Å². The highest BCUT2D eigenvalue weighted by molar-refractivity contribution is 9.10. The molecule has 12 heavy (non-hydrogen) atoms. The highest BCUT2D eigenvalue weighted by Crippen LogP contribution is 2.42. The van der Waals surface area contributed by atoms with Crippen LogP contribution < -0.4 is 0 Å². The zero-order valence-corrected chi connectivity index (χ0v) is 8.29. The molecular formula is C8H12BrF3. The Morgan fingerprint density at radius 2 is 1.67 bits per heavy atom. The molecule has 0 atom stereocenters. The fourth-order valence-corrected chi connectivity index (χ4v) is 2.10. The molecule has 0 radical (unpaired) electrons. The first kappa shape index (κ1) is 10.4. The predicted molar refractivity (Wildman–Crippen MR) is 45.3 cm³/mol. The summed E-state index contributed by atoms with van der Waals surface area (Å²) in [5.74, 6) is -0.573. The van der Waals surface area contributed by atoms with Gasteiger partial charge in [-0.15, -0.1) is 0 Å². The van der Waals surface area contributed by atoms with Gasteiger partial charge in [-0.05, 0) is 47.5 Å². The van der Waals surface area contributed by atoms with E-state index in [1.54, 1.807) is 0 Å². The summed E-state index contributed by atoms with van der Waals surface area (Å²) >= 11 is 2.35. The summed E-state index contributed by atoms with van der Waals surface area (Å²) in [6.07, 6.45) is 2.07. The molecule has 72 valence electrons. The van der Waals surface area contributed by atoms with Crippen molar-refractivity contribution in [1.82, 2.24) is 0 Å². The number of hydrogen-bond acceptors (Lipinski definition) is 0. The molecule has 0 aromatic rings. The third-order valence-electron chi connectivity index (χ3n) is 2.53. The number of rotatable bonds is 2. The molecule has 0 N–H and O–H groups in total. The van der Waals surface area contributed by atoms with Gasteiger partial charge in [-0.25, -0.2) is 0 Å². The molecule has 1 rings (SSSR count). The zero-order valence-electron chi connectivity index (χ0n) is 6.70. The van der Waals surface area contributed by atoms with E-state index in [9.17, 15) is 13.2 Å². The summed E-state index contributed by atoms with van der Waals surface area (Å²) in [6.45, 7) is -0.361. The van der Waals surface area contributed by atoms with Crippen molar-refractivity contribution in [3.05, 3.63) is 0 Å². The Balaban J connectivity index is 2.36. The molecule has 1 aliphatic carbocycles. The van der Waals surface area contributed by atoms with E-state index in [-0.39, 0.29) is 12.6 Å². The van der Waals surface area contributed by atoms with Crippen molar-refractivity contribution in [3.8, 4) is 0 Å². The van der Waals surface area contributed by atoms with Gasteiger partial charge in [0.2, 0.25) is 0 Å². The van der Waals surface area contributed by atoms with E-state index in [1.807, 2.05) is 0 Å². The molecule has 1 fully saturated rings. The van der Waals surface area contributed by atoms with E-state index in [1.165, 1.54) is 0 Å². The summed E-state index contributed by atoms with van der Waals surface area (Å²) in [7, 11) is 0. The smallest absolute Gasteiger partial charge is 0.251 e. The van der Waals surface area contributed by atoms with Crippen LogP contribution in [-0.2, 0) is 0 Å². The van der Waals surface area contributed by atoms with Crippen LogP contribution >= 0.6 is 15.9 Å². The summed E-state index contributed by atoms with van der Waals surface area (Å²) in [4.78, 5) is -2.76. The predicted octanol–water partition coefficient (Wildman–Crippen LogP) is 3.75. The normalized spacial score (nSPS) is 32.0. The van der Waals surface area contributed by atoms with Crippen LogP contribution in [0.4, 0.5) is 13.2 Å². The summed E-state index contributed by atoms with van der Waals surface area (Å²) in [5.41, 5.74) is 0. The Kier molecular flexibility index (Phi) is 3.44.